The largest absolute Gasteiger partial charge is 0.402 e. The molecular weight excluding hydrogens is 174 g/mol. The monoisotopic (exact) mass is 193 g/mol. The minimum atomic E-state index is -0.102. The van der Waals surface area contributed by atoms with Crippen molar-refractivity contribution in [3.05, 3.63) is 23.5 Å². The number of rotatable bonds is 1. The summed E-state index contributed by atoms with van der Waals surface area (Å²) in [5, 5.41) is 3.37. The van der Waals surface area contributed by atoms with Crippen molar-refractivity contribution >= 4 is 5.71 Å². The maximum absolute atomic E-state index is 5.81. The maximum atomic E-state index is 5.81. The average molecular weight is 193 g/mol. The van der Waals surface area contributed by atoms with Crippen LogP contribution in [0.4, 0.5) is 0 Å². The van der Waals surface area contributed by atoms with Crippen molar-refractivity contribution in [3.8, 4) is 0 Å². The fourth-order valence-electron chi connectivity index (χ4n) is 1.58. The van der Waals surface area contributed by atoms with E-state index in [1.807, 2.05) is 13.8 Å². The van der Waals surface area contributed by atoms with Gasteiger partial charge in [-0.2, -0.15) is 0 Å². The summed E-state index contributed by atoms with van der Waals surface area (Å²) in [5.74, 6) is 0. The third kappa shape index (κ3) is 2.04. The fraction of sp³-hybridized carbons (Fsp3) is 0.545. The highest BCUT2D eigenvalue weighted by Gasteiger charge is 2.34. The molecule has 1 saturated heterocycles. The molecule has 0 saturated carbocycles. The van der Waals surface area contributed by atoms with Gasteiger partial charge in [0.2, 0.25) is 0 Å². The fourth-order valence-corrected chi connectivity index (χ4v) is 1.58. The number of nitrogens with one attached hydrogen (secondary N) is 1. The molecule has 0 aromatic heterocycles. The lowest BCUT2D eigenvalue weighted by atomic mass is 9.96. The van der Waals surface area contributed by atoms with E-state index < -0.39 is 0 Å². The van der Waals surface area contributed by atoms with Gasteiger partial charge in [0.1, 0.15) is 0 Å². The Kier molecular flexibility index (Phi) is 2.81. The Hall–Kier alpha value is -1.09. The molecule has 0 amide bonds. The molecule has 1 fully saturated rings. The highest BCUT2D eigenvalue weighted by atomic mass is 15.0. The van der Waals surface area contributed by atoms with Gasteiger partial charge in [-0.25, -0.2) is 0 Å². The van der Waals surface area contributed by atoms with Crippen molar-refractivity contribution < 1.29 is 0 Å². The first-order valence-electron chi connectivity index (χ1n) is 4.80. The molecule has 1 rings (SSSR count). The third-order valence-corrected chi connectivity index (χ3v) is 2.36. The Morgan fingerprint density at radius 3 is 2.50 bits per heavy atom. The van der Waals surface area contributed by atoms with Crippen molar-refractivity contribution in [3.63, 3.8) is 0 Å². The molecule has 3 heteroatoms. The standard InChI is InChI=1S/C11H19N3/c1-7(2)14-10-9(8(3)12)6-13-11(10,4)5/h13H,1,6,12H2,2-5H3/b9-8-,14-10?. The van der Waals surface area contributed by atoms with Crippen LogP contribution in [0, 0.1) is 0 Å². The van der Waals surface area contributed by atoms with Crippen LogP contribution in [0.25, 0.3) is 0 Å². The molecule has 0 aromatic carbocycles. The van der Waals surface area contributed by atoms with Gasteiger partial charge in [-0.15, -0.1) is 0 Å². The molecule has 1 aliphatic heterocycles. The number of aliphatic imine (C=N–C) groups is 1. The van der Waals surface area contributed by atoms with Gasteiger partial charge >= 0.3 is 0 Å². The number of nitrogens with zero attached hydrogens (tertiary/aromatic N) is 1. The van der Waals surface area contributed by atoms with Gasteiger partial charge in [-0.1, -0.05) is 6.58 Å². The topological polar surface area (TPSA) is 50.4 Å². The summed E-state index contributed by atoms with van der Waals surface area (Å²) in [7, 11) is 0. The smallest absolute Gasteiger partial charge is 0.0663 e. The summed E-state index contributed by atoms with van der Waals surface area (Å²) in [6, 6.07) is 0. The average Bonchev–Trinajstić information content (AvgIpc) is 2.26. The second-order valence-corrected chi connectivity index (χ2v) is 4.34. The zero-order chi connectivity index (χ0) is 10.9. The zero-order valence-electron chi connectivity index (χ0n) is 9.44. The van der Waals surface area contributed by atoms with E-state index in [-0.39, 0.29) is 5.54 Å². The molecule has 0 spiro atoms. The van der Waals surface area contributed by atoms with Gasteiger partial charge in [0, 0.05) is 23.5 Å². The second kappa shape index (κ2) is 3.58. The number of nitrogens with two attached hydrogens (primary N) is 1. The van der Waals surface area contributed by atoms with Crippen molar-refractivity contribution in [1.82, 2.24) is 5.32 Å². The van der Waals surface area contributed by atoms with Gasteiger partial charge in [0.15, 0.2) is 0 Å². The zero-order valence-corrected chi connectivity index (χ0v) is 9.44. The summed E-state index contributed by atoms with van der Waals surface area (Å²) < 4.78 is 0. The van der Waals surface area contributed by atoms with E-state index in [1.54, 1.807) is 0 Å². The lowest BCUT2D eigenvalue weighted by Gasteiger charge is -2.19. The van der Waals surface area contributed by atoms with E-state index in [2.05, 4.69) is 30.7 Å². The Morgan fingerprint density at radius 1 is 1.50 bits per heavy atom. The van der Waals surface area contributed by atoms with E-state index in [0.29, 0.717) is 0 Å². The van der Waals surface area contributed by atoms with Crippen LogP contribution < -0.4 is 11.1 Å². The summed E-state index contributed by atoms with van der Waals surface area (Å²) in [5.41, 5.74) is 9.49. The quantitative estimate of drug-likeness (QED) is 0.664. The molecule has 78 valence electrons. The number of hydrogen-bond donors (Lipinski definition) is 2. The lowest BCUT2D eigenvalue weighted by molar-refractivity contribution is 0.569. The van der Waals surface area contributed by atoms with Gasteiger partial charge in [-0.05, 0) is 27.7 Å². The van der Waals surface area contributed by atoms with E-state index in [4.69, 9.17) is 5.73 Å². The van der Waals surface area contributed by atoms with Crippen LogP contribution in [0.3, 0.4) is 0 Å². The van der Waals surface area contributed by atoms with Crippen LogP contribution >= 0.6 is 0 Å². The van der Waals surface area contributed by atoms with E-state index in [1.165, 1.54) is 0 Å². The molecule has 0 aromatic rings. The van der Waals surface area contributed by atoms with Crippen LogP contribution in [-0.4, -0.2) is 17.8 Å². The first-order chi connectivity index (χ1) is 6.34. The minimum Gasteiger partial charge on any atom is -0.402 e. The first-order valence-corrected chi connectivity index (χ1v) is 4.80. The first kappa shape index (κ1) is 11.0. The van der Waals surface area contributed by atoms with Crippen LogP contribution in [-0.2, 0) is 0 Å². The SMILES string of the molecule is C=C(C)N=C1/C(=C(/C)N)CNC1(C)C. The highest BCUT2D eigenvalue weighted by Crippen LogP contribution is 2.22. The van der Waals surface area contributed by atoms with E-state index >= 15 is 0 Å². The molecule has 0 bridgehead atoms. The molecule has 0 unspecified atom stereocenters. The van der Waals surface area contributed by atoms with Crippen LogP contribution in [0.2, 0.25) is 0 Å². The molecular formula is C11H19N3. The summed E-state index contributed by atoms with van der Waals surface area (Å²) >= 11 is 0. The van der Waals surface area contributed by atoms with Crippen LogP contribution in [0.5, 0.6) is 0 Å². The van der Waals surface area contributed by atoms with Gasteiger partial charge < -0.3 is 11.1 Å². The molecule has 3 N–H and O–H groups in total. The molecule has 0 aliphatic carbocycles. The minimum absolute atomic E-state index is 0.102. The van der Waals surface area contributed by atoms with E-state index in [9.17, 15) is 0 Å². The summed E-state index contributed by atoms with van der Waals surface area (Å²) in [6.07, 6.45) is 0. The van der Waals surface area contributed by atoms with Crippen molar-refractivity contribution in [2.24, 2.45) is 10.7 Å². The van der Waals surface area contributed by atoms with Crippen molar-refractivity contribution in [1.29, 1.82) is 0 Å². The van der Waals surface area contributed by atoms with Crippen molar-refractivity contribution in [2.45, 2.75) is 33.2 Å². The van der Waals surface area contributed by atoms with Crippen molar-refractivity contribution in [2.75, 3.05) is 6.54 Å². The van der Waals surface area contributed by atoms with Crippen LogP contribution in [0.15, 0.2) is 28.5 Å². The molecule has 0 radical (unpaired) electrons. The van der Waals surface area contributed by atoms with Crippen LogP contribution in [0.1, 0.15) is 27.7 Å². The second-order valence-electron chi connectivity index (χ2n) is 4.34. The predicted molar refractivity (Wildman–Crippen MR) is 61.2 cm³/mol. The lowest BCUT2D eigenvalue weighted by Crippen LogP contribution is -2.38. The Bertz CT molecular complexity index is 317. The Labute approximate surface area is 85.8 Å². The summed E-state index contributed by atoms with van der Waals surface area (Å²) in [4.78, 5) is 4.45. The number of hydrogen-bond acceptors (Lipinski definition) is 3. The molecule has 3 nitrogen and oxygen atoms in total. The molecule has 0 atom stereocenters. The number of allylic oxidation sites excluding steroid dienone is 2. The Balaban J connectivity index is 3.19. The van der Waals surface area contributed by atoms with Gasteiger partial charge in [0.25, 0.3) is 0 Å². The van der Waals surface area contributed by atoms with Gasteiger partial charge in [0.05, 0.1) is 11.3 Å². The molecule has 14 heavy (non-hydrogen) atoms. The summed E-state index contributed by atoms with van der Waals surface area (Å²) in [6.45, 7) is 12.6. The van der Waals surface area contributed by atoms with Gasteiger partial charge in [-0.3, -0.25) is 4.99 Å². The maximum Gasteiger partial charge on any atom is 0.0663 e. The molecule has 1 heterocycles. The molecule has 1 aliphatic rings. The predicted octanol–water partition coefficient (Wildman–Crippen LogP) is 1.58. The van der Waals surface area contributed by atoms with E-state index in [0.717, 1.165) is 29.2 Å². The Morgan fingerprint density at radius 2 is 2.07 bits per heavy atom. The highest BCUT2D eigenvalue weighted by molar-refractivity contribution is 6.09. The third-order valence-electron chi connectivity index (χ3n) is 2.36. The normalized spacial score (nSPS) is 26.7.